The first-order valence-corrected chi connectivity index (χ1v) is 9.49. The van der Waals surface area contributed by atoms with Crippen LogP contribution in [0.1, 0.15) is 11.3 Å². The van der Waals surface area contributed by atoms with E-state index in [-0.39, 0.29) is 18.1 Å². The van der Waals surface area contributed by atoms with Gasteiger partial charge in [-0.2, -0.15) is 0 Å². The van der Waals surface area contributed by atoms with Gasteiger partial charge in [0.05, 0.1) is 12.1 Å². The first kappa shape index (κ1) is 19.8. The van der Waals surface area contributed by atoms with E-state index in [4.69, 9.17) is 11.6 Å². The van der Waals surface area contributed by atoms with Gasteiger partial charge in [-0.1, -0.05) is 17.7 Å². The summed E-state index contributed by atoms with van der Waals surface area (Å²) >= 11 is 7.00. The molecule has 6 nitrogen and oxygen atoms in total. The molecule has 3 amide bonds. The lowest BCUT2D eigenvalue weighted by Gasteiger charge is -2.06. The number of amides is 3. The predicted octanol–water partition coefficient (Wildman–Crippen LogP) is 5.07. The van der Waals surface area contributed by atoms with Crippen molar-refractivity contribution in [3.05, 3.63) is 69.9 Å². The van der Waals surface area contributed by atoms with Gasteiger partial charge in [0.25, 0.3) is 0 Å². The Hall–Kier alpha value is -2.97. The fourth-order valence-corrected chi connectivity index (χ4v) is 3.11. The van der Waals surface area contributed by atoms with Gasteiger partial charge >= 0.3 is 6.03 Å². The number of thiazole rings is 1. The van der Waals surface area contributed by atoms with Crippen LogP contribution in [-0.4, -0.2) is 16.9 Å². The number of halogens is 2. The standard InChI is InChI=1S/C19H16ClFN4O2S/c1-11-2-5-14(8-16(11)21)22-17(26)9-15-10-28-19(24-15)25-18(27)23-13-6-3-12(20)4-7-13/h2-8,10H,9H2,1H3,(H,22,26)(H2,23,24,25,27). The first-order chi connectivity index (χ1) is 13.4. The molecule has 28 heavy (non-hydrogen) atoms. The zero-order valence-electron chi connectivity index (χ0n) is 14.8. The number of rotatable bonds is 5. The van der Waals surface area contributed by atoms with Crippen LogP contribution >= 0.6 is 22.9 Å². The summed E-state index contributed by atoms with van der Waals surface area (Å²) in [7, 11) is 0. The minimum absolute atomic E-state index is 0.00643. The molecular formula is C19H16ClFN4O2S. The van der Waals surface area contributed by atoms with Crippen molar-refractivity contribution in [3.8, 4) is 0 Å². The number of carbonyl (C=O) groups excluding carboxylic acids is 2. The fraction of sp³-hybridized carbons (Fsp3) is 0.105. The van der Waals surface area contributed by atoms with Gasteiger partial charge in [-0.15, -0.1) is 11.3 Å². The van der Waals surface area contributed by atoms with E-state index < -0.39 is 6.03 Å². The van der Waals surface area contributed by atoms with Crippen molar-refractivity contribution in [1.82, 2.24) is 4.98 Å². The average Bonchev–Trinajstić information content (AvgIpc) is 3.06. The van der Waals surface area contributed by atoms with Crippen LogP contribution in [-0.2, 0) is 11.2 Å². The molecule has 1 aromatic heterocycles. The van der Waals surface area contributed by atoms with Crippen LogP contribution in [0.5, 0.6) is 0 Å². The van der Waals surface area contributed by atoms with E-state index in [2.05, 4.69) is 20.9 Å². The first-order valence-electron chi connectivity index (χ1n) is 8.23. The van der Waals surface area contributed by atoms with Crippen LogP contribution in [0, 0.1) is 12.7 Å². The summed E-state index contributed by atoms with van der Waals surface area (Å²) in [6.07, 6.45) is 0.00643. The Balaban J connectivity index is 1.53. The lowest BCUT2D eigenvalue weighted by Crippen LogP contribution is -2.19. The molecule has 0 aliphatic heterocycles. The molecule has 0 spiro atoms. The molecule has 0 unspecified atom stereocenters. The second kappa shape index (κ2) is 8.81. The summed E-state index contributed by atoms with van der Waals surface area (Å²) in [5, 5.41) is 10.5. The predicted molar refractivity (Wildman–Crippen MR) is 110 cm³/mol. The Morgan fingerprint density at radius 2 is 1.79 bits per heavy atom. The molecule has 1 heterocycles. The van der Waals surface area contributed by atoms with Crippen molar-refractivity contribution in [2.75, 3.05) is 16.0 Å². The minimum Gasteiger partial charge on any atom is -0.326 e. The SMILES string of the molecule is Cc1ccc(NC(=O)Cc2csc(NC(=O)Nc3ccc(Cl)cc3)n2)cc1F. The highest BCUT2D eigenvalue weighted by Gasteiger charge is 2.11. The molecule has 3 rings (SSSR count). The third-order valence-corrected chi connectivity index (χ3v) is 4.73. The van der Waals surface area contributed by atoms with Gasteiger partial charge in [-0.25, -0.2) is 14.2 Å². The Bertz CT molecular complexity index is 1010. The summed E-state index contributed by atoms with van der Waals surface area (Å²) in [5.41, 5.74) is 1.97. The largest absolute Gasteiger partial charge is 0.326 e. The molecule has 3 aromatic rings. The number of aryl methyl sites for hydroxylation is 1. The van der Waals surface area contributed by atoms with Crippen LogP contribution in [0.15, 0.2) is 47.8 Å². The van der Waals surface area contributed by atoms with Crippen LogP contribution in [0.3, 0.4) is 0 Å². The van der Waals surface area contributed by atoms with Crippen LogP contribution in [0.25, 0.3) is 0 Å². The number of hydrogen-bond acceptors (Lipinski definition) is 4. The van der Waals surface area contributed by atoms with E-state index >= 15 is 0 Å². The molecule has 0 aliphatic carbocycles. The summed E-state index contributed by atoms with van der Waals surface area (Å²) in [6, 6.07) is 10.7. The van der Waals surface area contributed by atoms with Gasteiger partial charge in [0.15, 0.2) is 5.13 Å². The summed E-state index contributed by atoms with van der Waals surface area (Å²) in [6.45, 7) is 1.65. The quantitative estimate of drug-likeness (QED) is 0.541. The monoisotopic (exact) mass is 418 g/mol. The van der Waals surface area contributed by atoms with Crippen LogP contribution in [0.2, 0.25) is 5.02 Å². The number of benzene rings is 2. The maximum absolute atomic E-state index is 13.5. The minimum atomic E-state index is -0.456. The van der Waals surface area contributed by atoms with Gasteiger partial charge in [0, 0.05) is 21.8 Å². The molecule has 144 valence electrons. The Labute approximate surface area is 169 Å². The van der Waals surface area contributed by atoms with Gasteiger partial charge in [-0.05, 0) is 48.9 Å². The molecular weight excluding hydrogens is 403 g/mol. The number of urea groups is 1. The van der Waals surface area contributed by atoms with Crippen LogP contribution < -0.4 is 16.0 Å². The third kappa shape index (κ3) is 5.51. The summed E-state index contributed by atoms with van der Waals surface area (Å²) < 4.78 is 13.5. The fourth-order valence-electron chi connectivity index (χ4n) is 2.28. The lowest BCUT2D eigenvalue weighted by atomic mass is 10.2. The molecule has 3 N–H and O–H groups in total. The van der Waals surface area contributed by atoms with E-state index in [1.165, 1.54) is 17.4 Å². The maximum Gasteiger partial charge on any atom is 0.325 e. The third-order valence-electron chi connectivity index (χ3n) is 3.67. The second-order valence-electron chi connectivity index (χ2n) is 5.92. The second-order valence-corrected chi connectivity index (χ2v) is 7.21. The van der Waals surface area contributed by atoms with E-state index in [9.17, 15) is 14.0 Å². The lowest BCUT2D eigenvalue weighted by molar-refractivity contribution is -0.115. The number of carbonyl (C=O) groups is 2. The van der Waals surface area contributed by atoms with E-state index in [1.54, 1.807) is 48.7 Å². The Kier molecular flexibility index (Phi) is 6.23. The van der Waals surface area contributed by atoms with Crippen molar-refractivity contribution in [2.45, 2.75) is 13.3 Å². The molecule has 0 fully saturated rings. The highest BCUT2D eigenvalue weighted by Crippen LogP contribution is 2.18. The van der Waals surface area contributed by atoms with Crippen molar-refractivity contribution in [1.29, 1.82) is 0 Å². The summed E-state index contributed by atoms with van der Waals surface area (Å²) in [5.74, 6) is -0.713. The van der Waals surface area contributed by atoms with E-state index in [0.29, 0.717) is 32.8 Å². The van der Waals surface area contributed by atoms with Gasteiger partial charge in [-0.3, -0.25) is 10.1 Å². The molecule has 0 saturated carbocycles. The average molecular weight is 419 g/mol. The number of nitrogens with zero attached hydrogens (tertiary/aromatic N) is 1. The molecule has 0 bridgehead atoms. The summed E-state index contributed by atoms with van der Waals surface area (Å²) in [4.78, 5) is 28.3. The van der Waals surface area contributed by atoms with Crippen molar-refractivity contribution in [2.24, 2.45) is 0 Å². The molecule has 9 heteroatoms. The number of nitrogens with one attached hydrogen (secondary N) is 3. The van der Waals surface area contributed by atoms with Gasteiger partial charge in [0.2, 0.25) is 5.91 Å². The molecule has 0 aliphatic rings. The molecule has 0 atom stereocenters. The van der Waals surface area contributed by atoms with Crippen molar-refractivity contribution >= 4 is 51.4 Å². The number of anilines is 3. The molecule has 0 saturated heterocycles. The highest BCUT2D eigenvalue weighted by atomic mass is 35.5. The van der Waals surface area contributed by atoms with Gasteiger partial charge in [0.1, 0.15) is 5.82 Å². The number of hydrogen-bond donors (Lipinski definition) is 3. The van der Waals surface area contributed by atoms with Crippen molar-refractivity contribution < 1.29 is 14.0 Å². The Morgan fingerprint density at radius 3 is 2.50 bits per heavy atom. The van der Waals surface area contributed by atoms with Crippen LogP contribution in [0.4, 0.5) is 25.7 Å². The van der Waals surface area contributed by atoms with E-state index in [0.717, 1.165) is 0 Å². The van der Waals surface area contributed by atoms with E-state index in [1.807, 2.05) is 0 Å². The topological polar surface area (TPSA) is 83.1 Å². The Morgan fingerprint density at radius 1 is 1.07 bits per heavy atom. The normalized spacial score (nSPS) is 10.4. The highest BCUT2D eigenvalue weighted by molar-refractivity contribution is 7.14. The number of aromatic nitrogens is 1. The zero-order valence-corrected chi connectivity index (χ0v) is 16.3. The molecule has 0 radical (unpaired) electrons. The van der Waals surface area contributed by atoms with Gasteiger partial charge < -0.3 is 10.6 Å². The zero-order chi connectivity index (χ0) is 20.1. The smallest absolute Gasteiger partial charge is 0.325 e. The molecule has 2 aromatic carbocycles. The maximum atomic E-state index is 13.5. The van der Waals surface area contributed by atoms with Crippen molar-refractivity contribution in [3.63, 3.8) is 0 Å².